The molecule has 4 aromatic carbocycles. The maximum atomic E-state index is 10.0. The molecule has 0 radical (unpaired) electrons. The third-order valence-electron chi connectivity index (χ3n) is 4.58. The minimum atomic E-state index is -1.17. The topological polar surface area (TPSA) is 32.6 Å². The van der Waals surface area contributed by atoms with Gasteiger partial charge in [0.1, 0.15) is 27.4 Å². The van der Waals surface area contributed by atoms with Crippen molar-refractivity contribution in [2.45, 2.75) is 0 Å². The van der Waals surface area contributed by atoms with Gasteiger partial charge in [-0.1, -0.05) is 60.7 Å². The third kappa shape index (κ3) is 6.68. The summed E-state index contributed by atoms with van der Waals surface area (Å²) in [6.45, 7) is 0. The Labute approximate surface area is 199 Å². The fourth-order valence-corrected chi connectivity index (χ4v) is 5.94. The van der Waals surface area contributed by atoms with E-state index in [1.165, 1.54) is 15.9 Å². The van der Waals surface area contributed by atoms with Crippen LogP contribution in [0.15, 0.2) is 114 Å². The normalized spacial score (nSPS) is 10.7. The molecule has 0 saturated heterocycles. The second kappa shape index (κ2) is 12.7. The number of hydrogen-bond acceptors (Lipinski definition) is 2. The Morgan fingerprint density at radius 3 is 1.74 bits per heavy atom. The van der Waals surface area contributed by atoms with Crippen LogP contribution in [0.1, 0.15) is 5.56 Å². The maximum absolute atomic E-state index is 10.0. The van der Waals surface area contributed by atoms with Crippen molar-refractivity contribution < 1.29 is 18.5 Å². The summed E-state index contributed by atoms with van der Waals surface area (Å²) < 4.78 is 0. The molecule has 156 valence electrons. The number of aliphatic imine (C=N–C) groups is 1. The van der Waals surface area contributed by atoms with Crippen molar-refractivity contribution in [3.05, 3.63) is 115 Å². The summed E-state index contributed by atoms with van der Waals surface area (Å²) in [6, 6.07) is 36.9. The molecule has 0 aliphatic heterocycles. The van der Waals surface area contributed by atoms with Gasteiger partial charge in [-0.3, -0.25) is 4.99 Å². The number of nitrogens with zero attached hydrogens (tertiary/aromatic N) is 1. The number of phenolic OH excluding ortho intramolecular Hbond substituents is 1. The van der Waals surface area contributed by atoms with E-state index in [-0.39, 0.29) is 19.1 Å². The summed E-state index contributed by atoms with van der Waals surface area (Å²) in [5.41, 5.74) is 1.65. The van der Waals surface area contributed by atoms with E-state index >= 15 is 0 Å². The van der Waals surface area contributed by atoms with Gasteiger partial charge >= 0.3 is 33.5 Å². The summed E-state index contributed by atoms with van der Waals surface area (Å²) in [5, 5.41) is 14.0. The summed E-state index contributed by atoms with van der Waals surface area (Å²) in [4.78, 5) is 4.55. The van der Waals surface area contributed by atoms with Crippen LogP contribution in [-0.4, -0.2) is 11.3 Å². The van der Waals surface area contributed by atoms with Crippen LogP contribution in [0, 0.1) is 0 Å². The van der Waals surface area contributed by atoms with Crippen molar-refractivity contribution in [2.24, 2.45) is 4.99 Å². The first-order chi connectivity index (χ1) is 15.2. The van der Waals surface area contributed by atoms with Gasteiger partial charge in [0.15, 0.2) is 0 Å². The Balaban J connectivity index is 0.000000858. The SMILES string of the molecule is Oc1ccccc1N=Cc1ccccc1[PH+](c1ccccc1)c1ccccc1.[Cl][Cr][Cl]. The summed E-state index contributed by atoms with van der Waals surface area (Å²) in [5.74, 6) is 0.188. The van der Waals surface area contributed by atoms with E-state index in [4.69, 9.17) is 20.1 Å². The van der Waals surface area contributed by atoms with Crippen molar-refractivity contribution in [1.29, 1.82) is 0 Å². The molecule has 0 amide bonds. The Morgan fingerprint density at radius 2 is 1.16 bits per heavy atom. The Hall–Kier alpha value is -2.11. The molecule has 0 fully saturated rings. The van der Waals surface area contributed by atoms with Crippen LogP contribution in [0.25, 0.3) is 0 Å². The predicted octanol–water partition coefficient (Wildman–Crippen LogP) is 6.01. The molecule has 31 heavy (non-hydrogen) atoms. The van der Waals surface area contributed by atoms with Gasteiger partial charge in [0.2, 0.25) is 0 Å². The first kappa shape index (κ1) is 23.6. The second-order valence-electron chi connectivity index (χ2n) is 6.50. The van der Waals surface area contributed by atoms with Crippen molar-refractivity contribution in [1.82, 2.24) is 0 Å². The summed E-state index contributed by atoms with van der Waals surface area (Å²) >= 11 is -0.181. The molecule has 0 bridgehead atoms. The van der Waals surface area contributed by atoms with E-state index in [1.807, 2.05) is 24.4 Å². The molecular weight excluding hydrogens is 484 g/mol. The zero-order valence-corrected chi connectivity index (χ0v) is 20.3. The predicted molar refractivity (Wildman–Crippen MR) is 134 cm³/mol. The first-order valence-electron chi connectivity index (χ1n) is 9.53. The molecule has 0 heterocycles. The zero-order chi connectivity index (χ0) is 21.9. The average Bonchev–Trinajstić information content (AvgIpc) is 2.81. The van der Waals surface area contributed by atoms with E-state index in [1.54, 1.807) is 12.1 Å². The van der Waals surface area contributed by atoms with Gasteiger partial charge < -0.3 is 5.11 Å². The Kier molecular flexibility index (Phi) is 9.63. The molecule has 6 heteroatoms. The fraction of sp³-hybridized carbons (Fsp3) is 0. The van der Waals surface area contributed by atoms with E-state index in [0.717, 1.165) is 5.56 Å². The Bertz CT molecular complexity index is 1070. The molecule has 1 N–H and O–H groups in total. The van der Waals surface area contributed by atoms with Gasteiger partial charge in [-0.2, -0.15) is 0 Å². The van der Waals surface area contributed by atoms with E-state index in [0.29, 0.717) is 5.69 Å². The van der Waals surface area contributed by atoms with Crippen molar-refractivity contribution in [3.8, 4) is 5.75 Å². The van der Waals surface area contributed by atoms with Gasteiger partial charge in [-0.25, -0.2) is 0 Å². The quantitative estimate of drug-likeness (QED) is 0.262. The van der Waals surface area contributed by atoms with Crippen LogP contribution in [0.2, 0.25) is 0 Å². The van der Waals surface area contributed by atoms with Gasteiger partial charge in [0, 0.05) is 11.8 Å². The number of halogens is 2. The van der Waals surface area contributed by atoms with Crippen LogP contribution < -0.4 is 15.9 Å². The van der Waals surface area contributed by atoms with Crippen LogP contribution >= 0.6 is 28.0 Å². The number of rotatable bonds is 5. The number of para-hydroxylation sites is 2. The molecule has 0 saturated carbocycles. The number of aromatic hydroxyl groups is 1. The van der Waals surface area contributed by atoms with Crippen molar-refractivity contribution >= 4 is 55.8 Å². The molecule has 0 unspecified atom stereocenters. The number of phenols is 1. The monoisotopic (exact) mass is 504 g/mol. The molecule has 2 nitrogen and oxygen atoms in total. The molecule has 0 aromatic heterocycles. The second-order valence-corrected chi connectivity index (χ2v) is 11.0. The molecule has 0 aliphatic carbocycles. The van der Waals surface area contributed by atoms with Gasteiger partial charge in [-0.05, 0) is 48.5 Å². The minimum absolute atomic E-state index is 0.181. The summed E-state index contributed by atoms with van der Waals surface area (Å²) in [7, 11) is 8.48. The molecule has 4 aromatic rings. The molecular formula is C25H21Cl2CrNOP+. The number of benzene rings is 4. The van der Waals surface area contributed by atoms with Crippen LogP contribution in [0.5, 0.6) is 5.75 Å². The van der Waals surface area contributed by atoms with Gasteiger partial charge in [0.05, 0.1) is 7.92 Å². The van der Waals surface area contributed by atoms with Gasteiger partial charge in [-0.15, -0.1) is 0 Å². The molecule has 0 atom stereocenters. The van der Waals surface area contributed by atoms with Crippen LogP contribution in [-0.2, 0) is 13.4 Å². The molecule has 0 spiro atoms. The zero-order valence-electron chi connectivity index (χ0n) is 16.5. The Morgan fingerprint density at radius 1 is 0.677 bits per heavy atom. The standard InChI is InChI=1S/C25H20NOP.2ClH.Cr/c27-24-17-9-8-16-23(24)26-19-20-11-7-10-18-25(20)28(21-12-3-1-4-13-21)22-14-5-2-6-15-22;;;/h1-19,27H;2*1H;/q;;;+2/p-1. The summed E-state index contributed by atoms with van der Waals surface area (Å²) in [6.07, 6.45) is 1.86. The molecule has 0 aliphatic rings. The van der Waals surface area contributed by atoms with E-state index in [2.05, 4.69) is 83.9 Å². The number of hydrogen-bond donors (Lipinski definition) is 1. The molecule has 4 rings (SSSR count). The van der Waals surface area contributed by atoms with E-state index < -0.39 is 7.92 Å². The first-order valence-corrected chi connectivity index (χ1v) is 14.5. The van der Waals surface area contributed by atoms with Crippen LogP contribution in [0.3, 0.4) is 0 Å². The fourth-order valence-electron chi connectivity index (χ4n) is 3.24. The van der Waals surface area contributed by atoms with Crippen LogP contribution in [0.4, 0.5) is 5.69 Å². The van der Waals surface area contributed by atoms with Crippen molar-refractivity contribution in [2.75, 3.05) is 0 Å². The third-order valence-corrected chi connectivity index (χ3v) is 7.39. The average molecular weight is 505 g/mol. The van der Waals surface area contributed by atoms with E-state index in [9.17, 15) is 5.11 Å². The van der Waals surface area contributed by atoms with Gasteiger partial charge in [0.25, 0.3) is 0 Å². The van der Waals surface area contributed by atoms with Crippen molar-refractivity contribution in [3.63, 3.8) is 0 Å².